The van der Waals surface area contributed by atoms with Crippen LogP contribution in [-0.4, -0.2) is 6.54 Å². The van der Waals surface area contributed by atoms with Gasteiger partial charge >= 0.3 is 0 Å². The first-order valence-corrected chi connectivity index (χ1v) is 8.01. The average molecular weight is 322 g/mol. The zero-order valence-corrected chi connectivity index (χ0v) is 14.2. The van der Waals surface area contributed by atoms with Crippen LogP contribution in [0.2, 0.25) is 10.0 Å². The number of hydrogen-bond acceptors (Lipinski definition) is 1. The van der Waals surface area contributed by atoms with Gasteiger partial charge in [0.25, 0.3) is 0 Å². The van der Waals surface area contributed by atoms with Crippen molar-refractivity contribution >= 4 is 23.2 Å². The number of halogens is 2. The minimum atomic E-state index is 0.216. The molecular formula is C18H21Cl2N. The molecule has 2 rings (SSSR count). The zero-order chi connectivity index (χ0) is 15.4. The first-order valence-electron chi connectivity index (χ1n) is 7.25. The molecule has 1 N–H and O–H groups in total. The normalized spacial score (nSPS) is 12.4. The highest BCUT2D eigenvalue weighted by Crippen LogP contribution is 2.27. The van der Waals surface area contributed by atoms with Crippen LogP contribution in [0.3, 0.4) is 0 Å². The standard InChI is InChI=1S/C18H21Cl2N/c1-4-21-18(15-8-6-13(3)16(19)10-15)11-14-7-5-12(2)9-17(14)20/h5-10,18,21H,4,11H2,1-3H3. The molecule has 2 aromatic carbocycles. The maximum atomic E-state index is 6.36. The second kappa shape index (κ2) is 7.31. The second-order valence-electron chi connectivity index (χ2n) is 5.42. The predicted molar refractivity (Wildman–Crippen MR) is 92.5 cm³/mol. The molecule has 112 valence electrons. The zero-order valence-electron chi connectivity index (χ0n) is 12.7. The van der Waals surface area contributed by atoms with Crippen LogP contribution in [0.5, 0.6) is 0 Å². The quantitative estimate of drug-likeness (QED) is 0.766. The SMILES string of the molecule is CCNC(Cc1ccc(C)cc1Cl)c1ccc(C)c(Cl)c1. The Morgan fingerprint density at radius 3 is 2.38 bits per heavy atom. The Kier molecular flexibility index (Phi) is 5.69. The summed E-state index contributed by atoms with van der Waals surface area (Å²) in [5, 5.41) is 5.16. The summed E-state index contributed by atoms with van der Waals surface area (Å²) in [6.07, 6.45) is 0.854. The van der Waals surface area contributed by atoms with Crippen LogP contribution in [0.4, 0.5) is 0 Å². The van der Waals surface area contributed by atoms with Gasteiger partial charge in [0.1, 0.15) is 0 Å². The van der Waals surface area contributed by atoms with Crippen LogP contribution in [0.25, 0.3) is 0 Å². The molecule has 2 aromatic rings. The van der Waals surface area contributed by atoms with E-state index in [9.17, 15) is 0 Å². The van der Waals surface area contributed by atoms with Crippen molar-refractivity contribution < 1.29 is 0 Å². The number of aryl methyl sites for hydroxylation is 2. The molecule has 1 atom stereocenters. The molecule has 1 nitrogen and oxygen atoms in total. The highest BCUT2D eigenvalue weighted by Gasteiger charge is 2.14. The van der Waals surface area contributed by atoms with Crippen molar-refractivity contribution in [2.24, 2.45) is 0 Å². The molecule has 0 saturated heterocycles. The summed E-state index contributed by atoms with van der Waals surface area (Å²) in [6.45, 7) is 7.08. The number of benzene rings is 2. The minimum Gasteiger partial charge on any atom is -0.310 e. The highest BCUT2D eigenvalue weighted by atomic mass is 35.5. The lowest BCUT2D eigenvalue weighted by molar-refractivity contribution is 0.550. The first-order chi connectivity index (χ1) is 10.0. The Morgan fingerprint density at radius 2 is 1.76 bits per heavy atom. The van der Waals surface area contributed by atoms with E-state index in [2.05, 4.69) is 43.4 Å². The van der Waals surface area contributed by atoms with Gasteiger partial charge in [-0.05, 0) is 61.2 Å². The van der Waals surface area contributed by atoms with Crippen LogP contribution in [0.15, 0.2) is 36.4 Å². The molecule has 0 bridgehead atoms. The monoisotopic (exact) mass is 321 g/mol. The van der Waals surface area contributed by atoms with Crippen molar-refractivity contribution in [3.63, 3.8) is 0 Å². The summed E-state index contributed by atoms with van der Waals surface area (Å²) in [6, 6.07) is 12.7. The van der Waals surface area contributed by atoms with Crippen LogP contribution >= 0.6 is 23.2 Å². The van der Waals surface area contributed by atoms with Crippen molar-refractivity contribution in [1.29, 1.82) is 0 Å². The van der Waals surface area contributed by atoms with E-state index < -0.39 is 0 Å². The van der Waals surface area contributed by atoms with Crippen LogP contribution < -0.4 is 5.32 Å². The summed E-state index contributed by atoms with van der Waals surface area (Å²) in [7, 11) is 0. The minimum absolute atomic E-state index is 0.216. The van der Waals surface area contributed by atoms with Gasteiger partial charge in [-0.2, -0.15) is 0 Å². The molecular weight excluding hydrogens is 301 g/mol. The van der Waals surface area contributed by atoms with E-state index in [0.717, 1.165) is 34.1 Å². The van der Waals surface area contributed by atoms with Crippen LogP contribution in [0, 0.1) is 13.8 Å². The molecule has 1 unspecified atom stereocenters. The Labute approximate surface area is 137 Å². The molecule has 0 aliphatic carbocycles. The fraction of sp³-hybridized carbons (Fsp3) is 0.333. The number of rotatable bonds is 5. The van der Waals surface area contributed by atoms with Crippen molar-refractivity contribution in [2.45, 2.75) is 33.2 Å². The van der Waals surface area contributed by atoms with Crippen LogP contribution in [-0.2, 0) is 6.42 Å². The highest BCUT2D eigenvalue weighted by molar-refractivity contribution is 6.31. The van der Waals surface area contributed by atoms with Crippen molar-refractivity contribution in [3.05, 3.63) is 68.7 Å². The lowest BCUT2D eigenvalue weighted by Gasteiger charge is -2.20. The molecule has 3 heteroatoms. The van der Waals surface area contributed by atoms with E-state index >= 15 is 0 Å². The Balaban J connectivity index is 2.28. The van der Waals surface area contributed by atoms with Gasteiger partial charge in [-0.1, -0.05) is 54.4 Å². The molecule has 0 aliphatic rings. The number of hydrogen-bond donors (Lipinski definition) is 1. The molecule has 0 aromatic heterocycles. The molecule has 0 spiro atoms. The predicted octanol–water partition coefficient (Wildman–Crippen LogP) is 5.50. The largest absolute Gasteiger partial charge is 0.310 e. The molecule has 0 heterocycles. The molecule has 0 fully saturated rings. The summed E-state index contributed by atoms with van der Waals surface area (Å²) in [5.74, 6) is 0. The fourth-order valence-corrected chi connectivity index (χ4v) is 2.92. The van der Waals surface area contributed by atoms with E-state index in [0.29, 0.717) is 0 Å². The van der Waals surface area contributed by atoms with Gasteiger partial charge in [-0.25, -0.2) is 0 Å². The average Bonchev–Trinajstić information content (AvgIpc) is 2.44. The maximum absolute atomic E-state index is 6.36. The van der Waals surface area contributed by atoms with E-state index in [1.165, 1.54) is 11.1 Å². The molecule has 0 amide bonds. The lowest BCUT2D eigenvalue weighted by Crippen LogP contribution is -2.23. The fourth-order valence-electron chi connectivity index (χ4n) is 2.42. The van der Waals surface area contributed by atoms with Crippen molar-refractivity contribution in [1.82, 2.24) is 5.32 Å². The van der Waals surface area contributed by atoms with E-state index in [1.807, 2.05) is 19.1 Å². The first kappa shape index (κ1) is 16.4. The Morgan fingerprint density at radius 1 is 1.00 bits per heavy atom. The number of likely N-dealkylation sites (N-methyl/N-ethyl adjacent to an activating group) is 1. The van der Waals surface area contributed by atoms with Gasteiger partial charge in [0.2, 0.25) is 0 Å². The van der Waals surface area contributed by atoms with Crippen molar-refractivity contribution in [2.75, 3.05) is 6.54 Å². The number of nitrogens with one attached hydrogen (secondary N) is 1. The van der Waals surface area contributed by atoms with Crippen molar-refractivity contribution in [3.8, 4) is 0 Å². The summed E-state index contributed by atoms with van der Waals surface area (Å²) < 4.78 is 0. The molecule has 0 radical (unpaired) electrons. The lowest BCUT2D eigenvalue weighted by atomic mass is 9.97. The summed E-state index contributed by atoms with van der Waals surface area (Å²) >= 11 is 12.6. The molecule has 21 heavy (non-hydrogen) atoms. The van der Waals surface area contributed by atoms with Gasteiger partial charge in [0, 0.05) is 16.1 Å². The van der Waals surface area contributed by atoms with E-state index in [-0.39, 0.29) is 6.04 Å². The van der Waals surface area contributed by atoms with Gasteiger partial charge in [0.15, 0.2) is 0 Å². The smallest absolute Gasteiger partial charge is 0.0441 e. The third-order valence-electron chi connectivity index (χ3n) is 3.68. The molecule has 0 saturated carbocycles. The van der Waals surface area contributed by atoms with Crippen LogP contribution in [0.1, 0.15) is 35.2 Å². The van der Waals surface area contributed by atoms with Gasteiger partial charge in [-0.15, -0.1) is 0 Å². The topological polar surface area (TPSA) is 12.0 Å². The Hall–Kier alpha value is -1.02. The summed E-state index contributed by atoms with van der Waals surface area (Å²) in [5.41, 5.74) is 4.64. The van der Waals surface area contributed by atoms with Gasteiger partial charge in [0.05, 0.1) is 0 Å². The van der Waals surface area contributed by atoms with E-state index in [4.69, 9.17) is 23.2 Å². The van der Waals surface area contributed by atoms with E-state index in [1.54, 1.807) is 0 Å². The second-order valence-corrected chi connectivity index (χ2v) is 6.23. The Bertz CT molecular complexity index is 623. The maximum Gasteiger partial charge on any atom is 0.0441 e. The van der Waals surface area contributed by atoms with Gasteiger partial charge in [-0.3, -0.25) is 0 Å². The third kappa shape index (κ3) is 4.23. The third-order valence-corrected chi connectivity index (χ3v) is 4.44. The van der Waals surface area contributed by atoms with Gasteiger partial charge < -0.3 is 5.32 Å². The molecule has 0 aliphatic heterocycles. The summed E-state index contributed by atoms with van der Waals surface area (Å²) in [4.78, 5) is 0.